The van der Waals surface area contributed by atoms with Gasteiger partial charge in [-0.1, -0.05) is 19.9 Å². The van der Waals surface area contributed by atoms with E-state index >= 15 is 0 Å². The zero-order valence-electron chi connectivity index (χ0n) is 9.40. The van der Waals surface area contributed by atoms with Crippen LogP contribution >= 0.6 is 23.1 Å². The van der Waals surface area contributed by atoms with Crippen LogP contribution in [0.25, 0.3) is 0 Å². The van der Waals surface area contributed by atoms with E-state index in [4.69, 9.17) is 0 Å². The minimum atomic E-state index is 0.743. The molecule has 3 atom stereocenters. The summed E-state index contributed by atoms with van der Waals surface area (Å²) in [4.78, 5) is 0. The molecule has 1 aromatic heterocycles. The van der Waals surface area contributed by atoms with Gasteiger partial charge in [-0.2, -0.15) is 0 Å². The monoisotopic (exact) mass is 241 g/mol. The van der Waals surface area contributed by atoms with Crippen LogP contribution in [0.15, 0.2) is 21.7 Å². The van der Waals surface area contributed by atoms with Gasteiger partial charge in [-0.15, -0.1) is 23.1 Å². The highest BCUT2D eigenvalue weighted by atomic mass is 32.2. The molecule has 1 N–H and O–H groups in total. The molecular weight excluding hydrogens is 222 g/mol. The van der Waals surface area contributed by atoms with Gasteiger partial charge in [-0.25, -0.2) is 0 Å². The molecule has 3 unspecified atom stereocenters. The molecule has 0 spiro atoms. The molecule has 3 heteroatoms. The zero-order chi connectivity index (χ0) is 10.7. The van der Waals surface area contributed by atoms with Gasteiger partial charge in [0.1, 0.15) is 0 Å². The van der Waals surface area contributed by atoms with Gasteiger partial charge in [0.2, 0.25) is 0 Å². The summed E-state index contributed by atoms with van der Waals surface area (Å²) >= 11 is 3.94. The van der Waals surface area contributed by atoms with Crippen LogP contribution in [0.4, 0.5) is 0 Å². The molecule has 1 aliphatic carbocycles. The number of thiophene rings is 1. The maximum Gasteiger partial charge on any atom is 0.0601 e. The van der Waals surface area contributed by atoms with E-state index in [0.717, 1.165) is 23.8 Å². The minimum absolute atomic E-state index is 0.743. The highest BCUT2D eigenvalue weighted by Gasteiger charge is 2.32. The molecule has 1 aromatic rings. The smallest absolute Gasteiger partial charge is 0.0601 e. The van der Waals surface area contributed by atoms with Gasteiger partial charge in [0, 0.05) is 11.3 Å². The summed E-state index contributed by atoms with van der Waals surface area (Å²) in [5.41, 5.74) is 0. The highest BCUT2D eigenvalue weighted by molar-refractivity contribution is 8.01. The largest absolute Gasteiger partial charge is 0.314 e. The Bertz CT molecular complexity index is 284. The predicted molar refractivity (Wildman–Crippen MR) is 69.8 cm³/mol. The van der Waals surface area contributed by atoms with Crippen molar-refractivity contribution in [3.05, 3.63) is 17.5 Å². The minimum Gasteiger partial charge on any atom is -0.314 e. The van der Waals surface area contributed by atoms with E-state index in [9.17, 15) is 0 Å². The van der Waals surface area contributed by atoms with Crippen LogP contribution in [0.1, 0.15) is 26.7 Å². The van der Waals surface area contributed by atoms with E-state index in [-0.39, 0.29) is 0 Å². The number of thioether (sulfide) groups is 1. The molecule has 1 heterocycles. The third-order valence-corrected chi connectivity index (χ3v) is 5.79. The van der Waals surface area contributed by atoms with Gasteiger partial charge in [-0.05, 0) is 36.8 Å². The number of hydrogen-bond donors (Lipinski definition) is 1. The Hall–Kier alpha value is 0.01000. The Morgan fingerprint density at radius 2 is 2.40 bits per heavy atom. The molecule has 2 rings (SSSR count). The van der Waals surface area contributed by atoms with Crippen molar-refractivity contribution in [3.63, 3.8) is 0 Å². The van der Waals surface area contributed by atoms with Crippen molar-refractivity contribution in [2.75, 3.05) is 6.54 Å². The summed E-state index contributed by atoms with van der Waals surface area (Å²) in [6, 6.07) is 5.13. The van der Waals surface area contributed by atoms with Crippen molar-refractivity contribution in [3.8, 4) is 0 Å². The molecule has 0 saturated heterocycles. The maximum atomic E-state index is 3.59. The average Bonchev–Trinajstić information content (AvgIpc) is 2.83. The summed E-state index contributed by atoms with van der Waals surface area (Å²) in [5, 5.41) is 6.58. The maximum absolute atomic E-state index is 3.59. The Balaban J connectivity index is 1.89. The van der Waals surface area contributed by atoms with Gasteiger partial charge in [-0.3, -0.25) is 0 Å². The van der Waals surface area contributed by atoms with Gasteiger partial charge >= 0.3 is 0 Å². The van der Waals surface area contributed by atoms with E-state index in [2.05, 4.69) is 48.4 Å². The summed E-state index contributed by atoms with van der Waals surface area (Å²) in [7, 11) is 0. The predicted octanol–water partition coefficient (Wildman–Crippen LogP) is 3.62. The number of nitrogens with one attached hydrogen (secondary N) is 1. The second kappa shape index (κ2) is 5.37. The fraction of sp³-hybridized carbons (Fsp3) is 0.667. The molecule has 0 aromatic carbocycles. The first-order valence-electron chi connectivity index (χ1n) is 5.74. The Labute approximate surface area is 101 Å². The SMILES string of the molecule is CCNC1CCC(Sc2cccs2)C1C. The van der Waals surface area contributed by atoms with Crippen LogP contribution in [0, 0.1) is 5.92 Å². The van der Waals surface area contributed by atoms with E-state index < -0.39 is 0 Å². The van der Waals surface area contributed by atoms with Crippen LogP contribution in [0.2, 0.25) is 0 Å². The lowest BCUT2D eigenvalue weighted by Gasteiger charge is -2.20. The first-order valence-corrected chi connectivity index (χ1v) is 7.50. The first-order chi connectivity index (χ1) is 7.31. The second-order valence-electron chi connectivity index (χ2n) is 4.19. The molecule has 0 radical (unpaired) electrons. The summed E-state index contributed by atoms with van der Waals surface area (Å²) in [6.07, 6.45) is 2.71. The topological polar surface area (TPSA) is 12.0 Å². The molecular formula is C12H19NS2. The second-order valence-corrected chi connectivity index (χ2v) is 6.68. The Kier molecular flexibility index (Phi) is 4.12. The van der Waals surface area contributed by atoms with Crippen LogP contribution < -0.4 is 5.32 Å². The standard InChI is InChI=1S/C12H19NS2/c1-3-13-10-6-7-11(9(10)2)15-12-5-4-8-14-12/h4-5,8-11,13H,3,6-7H2,1-2H3. The number of rotatable bonds is 4. The van der Waals surface area contributed by atoms with Gasteiger partial charge in [0.15, 0.2) is 0 Å². The van der Waals surface area contributed by atoms with Gasteiger partial charge in [0.05, 0.1) is 4.21 Å². The lowest BCUT2D eigenvalue weighted by molar-refractivity contribution is 0.441. The highest BCUT2D eigenvalue weighted by Crippen LogP contribution is 2.40. The van der Waals surface area contributed by atoms with Crippen LogP contribution in [-0.2, 0) is 0 Å². The van der Waals surface area contributed by atoms with E-state index in [1.54, 1.807) is 0 Å². The van der Waals surface area contributed by atoms with E-state index in [1.165, 1.54) is 17.1 Å². The molecule has 1 aliphatic rings. The lowest BCUT2D eigenvalue weighted by atomic mass is 10.1. The van der Waals surface area contributed by atoms with Crippen molar-refractivity contribution in [1.29, 1.82) is 0 Å². The van der Waals surface area contributed by atoms with E-state index in [1.807, 2.05) is 11.3 Å². The van der Waals surface area contributed by atoms with Crippen molar-refractivity contribution >= 4 is 23.1 Å². The molecule has 0 amide bonds. The summed E-state index contributed by atoms with van der Waals surface area (Å²) < 4.78 is 1.48. The molecule has 1 fully saturated rings. The Morgan fingerprint density at radius 3 is 3.07 bits per heavy atom. The van der Waals surface area contributed by atoms with Crippen molar-refractivity contribution < 1.29 is 0 Å². The van der Waals surface area contributed by atoms with Crippen LogP contribution in [0.5, 0.6) is 0 Å². The van der Waals surface area contributed by atoms with Crippen molar-refractivity contribution in [1.82, 2.24) is 5.32 Å². The molecule has 1 nitrogen and oxygen atoms in total. The Morgan fingerprint density at radius 1 is 1.53 bits per heavy atom. The third-order valence-electron chi connectivity index (χ3n) is 3.21. The molecule has 84 valence electrons. The summed E-state index contributed by atoms with van der Waals surface area (Å²) in [6.45, 7) is 5.70. The fourth-order valence-electron chi connectivity index (χ4n) is 2.32. The fourth-order valence-corrected chi connectivity index (χ4v) is 4.65. The van der Waals surface area contributed by atoms with Crippen molar-refractivity contribution in [2.45, 2.75) is 42.2 Å². The van der Waals surface area contributed by atoms with Crippen molar-refractivity contribution in [2.24, 2.45) is 5.92 Å². The molecule has 0 bridgehead atoms. The van der Waals surface area contributed by atoms with Gasteiger partial charge in [0.25, 0.3) is 0 Å². The average molecular weight is 241 g/mol. The van der Waals surface area contributed by atoms with E-state index in [0.29, 0.717) is 0 Å². The quantitative estimate of drug-likeness (QED) is 0.864. The normalized spacial score (nSPS) is 30.9. The number of hydrogen-bond acceptors (Lipinski definition) is 3. The summed E-state index contributed by atoms with van der Waals surface area (Å²) in [5.74, 6) is 0.803. The van der Waals surface area contributed by atoms with Gasteiger partial charge < -0.3 is 5.32 Å². The molecule has 0 aliphatic heterocycles. The van der Waals surface area contributed by atoms with Crippen LogP contribution in [0.3, 0.4) is 0 Å². The third kappa shape index (κ3) is 2.77. The lowest BCUT2D eigenvalue weighted by Crippen LogP contribution is -2.32. The van der Waals surface area contributed by atoms with Crippen LogP contribution in [-0.4, -0.2) is 17.8 Å². The zero-order valence-corrected chi connectivity index (χ0v) is 11.0. The first kappa shape index (κ1) is 11.5. The molecule has 1 saturated carbocycles. The molecule has 15 heavy (non-hydrogen) atoms.